The summed E-state index contributed by atoms with van der Waals surface area (Å²) in [5, 5.41) is 10.6. The van der Waals surface area contributed by atoms with Gasteiger partial charge in [-0.05, 0) is 24.6 Å². The van der Waals surface area contributed by atoms with E-state index in [2.05, 4.69) is 0 Å². The number of hydrogen-bond donors (Lipinski definition) is 0. The van der Waals surface area contributed by atoms with Crippen LogP contribution >= 0.6 is 0 Å². The Hall–Kier alpha value is -2.69. The molecule has 0 bridgehead atoms. The Bertz CT molecular complexity index is 650. The van der Waals surface area contributed by atoms with Crippen molar-refractivity contribution in [2.45, 2.75) is 13.3 Å². The highest BCUT2D eigenvalue weighted by Crippen LogP contribution is 2.15. The monoisotopic (exact) mass is 285 g/mol. The molecule has 0 fully saturated rings. The predicted molar refractivity (Wildman–Crippen MR) is 78.7 cm³/mol. The normalized spacial score (nSPS) is 10.1. The Morgan fingerprint density at radius 3 is 2.52 bits per heavy atom. The molecule has 0 aliphatic heterocycles. The van der Waals surface area contributed by atoms with E-state index < -0.39 is 4.92 Å². The molecule has 0 spiro atoms. The van der Waals surface area contributed by atoms with Crippen LogP contribution in [0, 0.1) is 10.1 Å². The lowest BCUT2D eigenvalue weighted by molar-refractivity contribution is -0.384. The SMILES string of the molecule is CC(=O)c1cccc(OCCc2ccc([N+](=O)[O-])cc2)c1. The molecule has 0 radical (unpaired) electrons. The molecule has 2 rings (SSSR count). The smallest absolute Gasteiger partial charge is 0.269 e. The first-order valence-corrected chi connectivity index (χ1v) is 6.53. The maximum absolute atomic E-state index is 11.3. The van der Waals surface area contributed by atoms with Crippen molar-refractivity contribution < 1.29 is 14.5 Å². The van der Waals surface area contributed by atoms with Crippen LogP contribution in [0.5, 0.6) is 5.75 Å². The third kappa shape index (κ3) is 4.14. The van der Waals surface area contributed by atoms with Crippen molar-refractivity contribution in [1.82, 2.24) is 0 Å². The third-order valence-corrected chi connectivity index (χ3v) is 3.05. The minimum absolute atomic E-state index is 0.00387. The van der Waals surface area contributed by atoms with E-state index in [1.54, 1.807) is 36.4 Å². The van der Waals surface area contributed by atoms with Crippen molar-refractivity contribution in [3.8, 4) is 5.75 Å². The third-order valence-electron chi connectivity index (χ3n) is 3.05. The lowest BCUT2D eigenvalue weighted by atomic mass is 10.1. The van der Waals surface area contributed by atoms with Gasteiger partial charge < -0.3 is 4.74 Å². The van der Waals surface area contributed by atoms with Crippen molar-refractivity contribution >= 4 is 11.5 Å². The van der Waals surface area contributed by atoms with Crippen molar-refractivity contribution in [1.29, 1.82) is 0 Å². The second-order valence-electron chi connectivity index (χ2n) is 4.61. The molecular weight excluding hydrogens is 270 g/mol. The van der Waals surface area contributed by atoms with Gasteiger partial charge in [-0.2, -0.15) is 0 Å². The summed E-state index contributed by atoms with van der Waals surface area (Å²) < 4.78 is 5.59. The van der Waals surface area contributed by atoms with Crippen molar-refractivity contribution in [3.05, 3.63) is 69.8 Å². The van der Waals surface area contributed by atoms with Crippen molar-refractivity contribution in [3.63, 3.8) is 0 Å². The number of carbonyl (C=O) groups is 1. The summed E-state index contributed by atoms with van der Waals surface area (Å²) in [5.74, 6) is 0.639. The fourth-order valence-electron chi connectivity index (χ4n) is 1.88. The first kappa shape index (κ1) is 14.7. The molecular formula is C16H15NO4. The fourth-order valence-corrected chi connectivity index (χ4v) is 1.88. The van der Waals surface area contributed by atoms with E-state index in [-0.39, 0.29) is 11.5 Å². The molecule has 5 nitrogen and oxygen atoms in total. The van der Waals surface area contributed by atoms with E-state index >= 15 is 0 Å². The van der Waals surface area contributed by atoms with Gasteiger partial charge in [0, 0.05) is 24.1 Å². The van der Waals surface area contributed by atoms with Gasteiger partial charge in [0.25, 0.3) is 5.69 Å². The number of hydrogen-bond acceptors (Lipinski definition) is 4. The van der Waals surface area contributed by atoms with Gasteiger partial charge in [-0.3, -0.25) is 14.9 Å². The number of benzene rings is 2. The number of Topliss-reactive ketones (excluding diaryl/α,β-unsaturated/α-hetero) is 1. The molecule has 2 aromatic rings. The molecule has 0 saturated heterocycles. The van der Waals surface area contributed by atoms with Crippen LogP contribution in [0.1, 0.15) is 22.8 Å². The summed E-state index contributed by atoms with van der Waals surface area (Å²) in [5.41, 5.74) is 1.65. The van der Waals surface area contributed by atoms with Gasteiger partial charge in [-0.1, -0.05) is 24.3 Å². The molecule has 0 aliphatic carbocycles. The van der Waals surface area contributed by atoms with Gasteiger partial charge in [0.05, 0.1) is 11.5 Å². The van der Waals surface area contributed by atoms with E-state index in [9.17, 15) is 14.9 Å². The zero-order valence-electron chi connectivity index (χ0n) is 11.6. The van der Waals surface area contributed by atoms with E-state index in [4.69, 9.17) is 4.74 Å². The Morgan fingerprint density at radius 2 is 1.90 bits per heavy atom. The van der Waals surface area contributed by atoms with E-state index in [1.165, 1.54) is 19.1 Å². The Morgan fingerprint density at radius 1 is 1.19 bits per heavy atom. The number of nitrogens with zero attached hydrogens (tertiary/aromatic N) is 1. The molecule has 0 aliphatic rings. The first-order valence-electron chi connectivity index (χ1n) is 6.53. The molecule has 21 heavy (non-hydrogen) atoms. The maximum Gasteiger partial charge on any atom is 0.269 e. The van der Waals surface area contributed by atoms with Crippen LogP contribution < -0.4 is 4.74 Å². The number of nitro groups is 1. The van der Waals surface area contributed by atoms with Crippen LogP contribution in [0.3, 0.4) is 0 Å². The standard InChI is InChI=1S/C16H15NO4/c1-12(18)14-3-2-4-16(11-14)21-10-9-13-5-7-15(8-6-13)17(19)20/h2-8,11H,9-10H2,1H3. The molecule has 0 amide bonds. The topological polar surface area (TPSA) is 69.4 Å². The first-order chi connectivity index (χ1) is 10.1. The van der Waals surface area contributed by atoms with E-state index in [1.807, 2.05) is 0 Å². The summed E-state index contributed by atoms with van der Waals surface area (Å²) in [7, 11) is 0. The van der Waals surface area contributed by atoms with Crippen molar-refractivity contribution in [2.24, 2.45) is 0 Å². The van der Waals surface area contributed by atoms with E-state index in [0.717, 1.165) is 5.56 Å². The van der Waals surface area contributed by atoms with Gasteiger partial charge >= 0.3 is 0 Å². The maximum atomic E-state index is 11.3. The van der Waals surface area contributed by atoms with Crippen molar-refractivity contribution in [2.75, 3.05) is 6.61 Å². The molecule has 0 N–H and O–H groups in total. The molecule has 0 unspecified atom stereocenters. The number of nitro benzene ring substituents is 1. The molecule has 2 aromatic carbocycles. The summed E-state index contributed by atoms with van der Waals surface area (Å²) >= 11 is 0. The molecule has 108 valence electrons. The van der Waals surface area contributed by atoms with Crippen LogP contribution in [0.2, 0.25) is 0 Å². The van der Waals surface area contributed by atoms with Crippen LogP contribution in [0.25, 0.3) is 0 Å². The molecule has 0 atom stereocenters. The summed E-state index contributed by atoms with van der Waals surface area (Å²) in [6, 6.07) is 13.4. The lowest BCUT2D eigenvalue weighted by Gasteiger charge is -2.07. The molecule has 0 aromatic heterocycles. The number of carbonyl (C=O) groups excluding carboxylic acids is 1. The minimum Gasteiger partial charge on any atom is -0.493 e. The Labute approximate surface area is 122 Å². The molecule has 0 saturated carbocycles. The minimum atomic E-state index is -0.423. The van der Waals surface area contributed by atoms with Crippen LogP contribution in [0.15, 0.2) is 48.5 Å². The quantitative estimate of drug-likeness (QED) is 0.463. The summed E-state index contributed by atoms with van der Waals surface area (Å²) in [4.78, 5) is 21.4. The zero-order valence-corrected chi connectivity index (χ0v) is 11.6. The Kier molecular flexibility index (Phi) is 4.66. The molecule has 5 heteroatoms. The fraction of sp³-hybridized carbons (Fsp3) is 0.188. The summed E-state index contributed by atoms with van der Waals surface area (Å²) in [6.45, 7) is 1.95. The average Bonchev–Trinajstić information content (AvgIpc) is 2.48. The number of rotatable bonds is 6. The van der Waals surface area contributed by atoms with Crippen LogP contribution in [-0.2, 0) is 6.42 Å². The van der Waals surface area contributed by atoms with Crippen LogP contribution in [-0.4, -0.2) is 17.3 Å². The van der Waals surface area contributed by atoms with Gasteiger partial charge in [-0.25, -0.2) is 0 Å². The number of non-ortho nitro benzene ring substituents is 1. The zero-order chi connectivity index (χ0) is 15.2. The van der Waals surface area contributed by atoms with Crippen LogP contribution in [0.4, 0.5) is 5.69 Å². The highest BCUT2D eigenvalue weighted by molar-refractivity contribution is 5.94. The second kappa shape index (κ2) is 6.65. The Balaban J connectivity index is 1.90. The van der Waals surface area contributed by atoms with E-state index in [0.29, 0.717) is 24.3 Å². The van der Waals surface area contributed by atoms with Gasteiger partial charge in [0.15, 0.2) is 5.78 Å². The van der Waals surface area contributed by atoms with Gasteiger partial charge in [0.2, 0.25) is 0 Å². The predicted octanol–water partition coefficient (Wildman–Crippen LogP) is 3.42. The largest absolute Gasteiger partial charge is 0.493 e. The lowest BCUT2D eigenvalue weighted by Crippen LogP contribution is -2.02. The average molecular weight is 285 g/mol. The number of ketones is 1. The van der Waals surface area contributed by atoms with Gasteiger partial charge in [-0.15, -0.1) is 0 Å². The molecule has 0 heterocycles. The highest BCUT2D eigenvalue weighted by Gasteiger charge is 2.04. The van der Waals surface area contributed by atoms with Gasteiger partial charge in [0.1, 0.15) is 5.75 Å². The highest BCUT2D eigenvalue weighted by atomic mass is 16.6. The number of ether oxygens (including phenoxy) is 1. The second-order valence-corrected chi connectivity index (χ2v) is 4.61. The summed E-state index contributed by atoms with van der Waals surface area (Å²) in [6.07, 6.45) is 0.641.